The zero-order valence-corrected chi connectivity index (χ0v) is 20.7. The normalized spacial score (nSPS) is 9.93. The van der Waals surface area contributed by atoms with Gasteiger partial charge in [-0.25, -0.2) is 0 Å². The maximum atomic E-state index is 5.59. The zero-order valence-electron chi connectivity index (χ0n) is 19.7. The monoisotopic (exact) mass is 392 g/mol. The molecule has 1 nitrogen and oxygen atoms in total. The van der Waals surface area contributed by atoms with E-state index in [0.29, 0.717) is 0 Å². The van der Waals surface area contributed by atoms with E-state index < -0.39 is 0 Å². The Kier molecular flexibility index (Phi) is 20.7. The summed E-state index contributed by atoms with van der Waals surface area (Å²) in [6, 6.07) is 20.8. The second-order valence-electron chi connectivity index (χ2n) is 7.17. The Morgan fingerprint density at radius 1 is 0.536 bits per heavy atom. The van der Waals surface area contributed by atoms with Crippen molar-refractivity contribution in [1.82, 2.24) is 0 Å². The molecule has 0 aliphatic heterocycles. The van der Waals surface area contributed by atoms with Gasteiger partial charge in [0.15, 0.2) is 0 Å². The van der Waals surface area contributed by atoms with E-state index in [1.165, 1.54) is 75.3 Å². The molecule has 0 saturated carbocycles. The first kappa shape index (κ1) is 27.4. The van der Waals surface area contributed by atoms with Crippen LogP contribution in [-0.2, 0) is 4.74 Å². The standard InChI is InChI=1S/C14H30O.C12H10.Na.H/c1-3-5-7-9-11-13-15-14-12-10-8-6-4-2;1-3-7-11(8-4-1)12-9-5-2-6-10-12;;/h3-14H2,1-2H3;1-10H;;/q;;+1;-1. The summed E-state index contributed by atoms with van der Waals surface area (Å²) in [4.78, 5) is 0. The number of hydrogen-bond acceptors (Lipinski definition) is 1. The Morgan fingerprint density at radius 2 is 0.893 bits per heavy atom. The van der Waals surface area contributed by atoms with Gasteiger partial charge in [0.25, 0.3) is 0 Å². The Hall–Kier alpha value is -0.600. The Labute approximate surface area is 198 Å². The fourth-order valence-electron chi connectivity index (χ4n) is 2.98. The minimum absolute atomic E-state index is 0. The van der Waals surface area contributed by atoms with Crippen LogP contribution >= 0.6 is 0 Å². The quantitative estimate of drug-likeness (QED) is 0.327. The molecule has 2 rings (SSSR count). The van der Waals surface area contributed by atoms with E-state index in [1.54, 1.807) is 0 Å². The molecule has 0 spiro atoms. The van der Waals surface area contributed by atoms with Gasteiger partial charge in [-0.3, -0.25) is 0 Å². The molecule has 0 bridgehead atoms. The van der Waals surface area contributed by atoms with Crippen LogP contribution in [0.3, 0.4) is 0 Å². The first-order valence-corrected chi connectivity index (χ1v) is 11.1. The minimum atomic E-state index is 0. The van der Waals surface area contributed by atoms with Crippen molar-refractivity contribution in [1.29, 1.82) is 0 Å². The summed E-state index contributed by atoms with van der Waals surface area (Å²) in [5.74, 6) is 0. The molecule has 28 heavy (non-hydrogen) atoms. The number of ether oxygens (including phenoxy) is 1. The molecular formula is C26H41NaO. The Morgan fingerprint density at radius 3 is 1.25 bits per heavy atom. The van der Waals surface area contributed by atoms with Gasteiger partial charge in [-0.05, 0) is 24.0 Å². The molecule has 2 aromatic carbocycles. The molecular weight excluding hydrogens is 351 g/mol. The fraction of sp³-hybridized carbons (Fsp3) is 0.538. The summed E-state index contributed by atoms with van der Waals surface area (Å²) in [5, 5.41) is 0. The average Bonchev–Trinajstić information content (AvgIpc) is 2.74. The first-order chi connectivity index (χ1) is 13.4. The molecule has 2 aromatic rings. The third-order valence-electron chi connectivity index (χ3n) is 4.67. The molecule has 0 aromatic heterocycles. The van der Waals surface area contributed by atoms with Gasteiger partial charge in [-0.2, -0.15) is 0 Å². The van der Waals surface area contributed by atoms with Crippen LogP contribution < -0.4 is 29.6 Å². The molecule has 0 heterocycles. The second kappa shape index (κ2) is 21.1. The molecule has 2 heteroatoms. The first-order valence-electron chi connectivity index (χ1n) is 11.1. The van der Waals surface area contributed by atoms with E-state index in [2.05, 4.69) is 62.4 Å². The van der Waals surface area contributed by atoms with E-state index in [-0.39, 0.29) is 31.0 Å². The van der Waals surface area contributed by atoms with Crippen molar-refractivity contribution >= 4 is 0 Å². The summed E-state index contributed by atoms with van der Waals surface area (Å²) in [6.07, 6.45) is 13.4. The van der Waals surface area contributed by atoms with Crippen LogP contribution in [-0.4, -0.2) is 13.2 Å². The van der Waals surface area contributed by atoms with Gasteiger partial charge >= 0.3 is 29.6 Å². The molecule has 0 aliphatic carbocycles. The van der Waals surface area contributed by atoms with Crippen LogP contribution in [0.25, 0.3) is 11.1 Å². The van der Waals surface area contributed by atoms with Gasteiger partial charge in [-0.1, -0.05) is 126 Å². The van der Waals surface area contributed by atoms with Crippen LogP contribution in [0.1, 0.15) is 79.5 Å². The van der Waals surface area contributed by atoms with E-state index >= 15 is 0 Å². The third-order valence-corrected chi connectivity index (χ3v) is 4.67. The molecule has 152 valence electrons. The van der Waals surface area contributed by atoms with E-state index in [4.69, 9.17) is 4.74 Å². The summed E-state index contributed by atoms with van der Waals surface area (Å²) in [6.45, 7) is 6.48. The Balaban J connectivity index is 0. The predicted octanol–water partition coefficient (Wildman–Crippen LogP) is 5.41. The van der Waals surface area contributed by atoms with Gasteiger partial charge < -0.3 is 6.16 Å². The number of benzene rings is 2. The van der Waals surface area contributed by atoms with Crippen molar-refractivity contribution in [3.63, 3.8) is 0 Å². The van der Waals surface area contributed by atoms with Crippen LogP contribution in [0.5, 0.6) is 0 Å². The van der Waals surface area contributed by atoms with Crippen molar-refractivity contribution in [2.75, 3.05) is 13.2 Å². The van der Waals surface area contributed by atoms with Crippen LogP contribution in [0.4, 0.5) is 0 Å². The summed E-state index contributed by atoms with van der Waals surface area (Å²) < 4.78 is 5.59. The average molecular weight is 393 g/mol. The number of rotatable bonds is 13. The van der Waals surface area contributed by atoms with Gasteiger partial charge in [0.05, 0.1) is 0 Å². The molecule has 0 radical (unpaired) electrons. The van der Waals surface area contributed by atoms with E-state index in [1.807, 2.05) is 12.1 Å². The molecule has 0 aliphatic rings. The zero-order chi connectivity index (χ0) is 19.4. The number of hydrogen-bond donors (Lipinski definition) is 0. The van der Waals surface area contributed by atoms with Gasteiger partial charge in [-0.15, -0.1) is 0 Å². The molecule has 0 saturated heterocycles. The maximum Gasteiger partial charge on any atom is 1.00 e. The third kappa shape index (κ3) is 15.3. The molecule has 0 N–H and O–H groups in total. The second-order valence-corrected chi connectivity index (χ2v) is 7.17. The molecule has 0 unspecified atom stereocenters. The number of unbranched alkanes of at least 4 members (excludes halogenated alkanes) is 8. The molecule has 0 fully saturated rings. The van der Waals surface area contributed by atoms with Crippen molar-refractivity contribution in [3.05, 3.63) is 60.7 Å². The van der Waals surface area contributed by atoms with E-state index in [0.717, 1.165) is 13.2 Å². The van der Waals surface area contributed by atoms with Crippen molar-refractivity contribution < 1.29 is 35.7 Å². The van der Waals surface area contributed by atoms with Gasteiger partial charge in [0, 0.05) is 13.2 Å². The smallest absolute Gasteiger partial charge is 1.00 e. The largest absolute Gasteiger partial charge is 1.00 e. The summed E-state index contributed by atoms with van der Waals surface area (Å²) >= 11 is 0. The summed E-state index contributed by atoms with van der Waals surface area (Å²) in [7, 11) is 0. The van der Waals surface area contributed by atoms with Crippen molar-refractivity contribution in [2.24, 2.45) is 0 Å². The topological polar surface area (TPSA) is 9.23 Å². The maximum absolute atomic E-state index is 5.59. The van der Waals surface area contributed by atoms with Gasteiger partial charge in [0.2, 0.25) is 0 Å². The fourth-order valence-corrected chi connectivity index (χ4v) is 2.98. The van der Waals surface area contributed by atoms with Gasteiger partial charge in [0.1, 0.15) is 0 Å². The SMILES string of the molecule is CCCCCCCOCCCCCCC.[H-].[Na+].c1ccc(-c2ccccc2)cc1. The van der Waals surface area contributed by atoms with Crippen LogP contribution in [0.15, 0.2) is 60.7 Å². The summed E-state index contributed by atoms with van der Waals surface area (Å²) in [5.41, 5.74) is 2.55. The molecule has 0 atom stereocenters. The van der Waals surface area contributed by atoms with Crippen molar-refractivity contribution in [2.45, 2.75) is 78.1 Å². The van der Waals surface area contributed by atoms with Crippen LogP contribution in [0, 0.1) is 0 Å². The Bertz CT molecular complexity index is 483. The predicted molar refractivity (Wildman–Crippen MR) is 121 cm³/mol. The molecule has 0 amide bonds. The minimum Gasteiger partial charge on any atom is -1.00 e. The van der Waals surface area contributed by atoms with Crippen LogP contribution in [0.2, 0.25) is 0 Å². The van der Waals surface area contributed by atoms with Crippen molar-refractivity contribution in [3.8, 4) is 11.1 Å². The van der Waals surface area contributed by atoms with E-state index in [9.17, 15) is 0 Å².